The van der Waals surface area contributed by atoms with Crippen LogP contribution in [0.4, 0.5) is 13.2 Å². The molecule has 0 aromatic heterocycles. The third kappa shape index (κ3) is 4.01. The lowest BCUT2D eigenvalue weighted by Gasteiger charge is -2.08. The zero-order valence-electron chi connectivity index (χ0n) is 10.9. The molecule has 0 bridgehead atoms. The second-order valence-electron chi connectivity index (χ2n) is 4.33. The van der Waals surface area contributed by atoms with Gasteiger partial charge in [0, 0.05) is 0 Å². The van der Waals surface area contributed by atoms with E-state index in [4.69, 9.17) is 23.2 Å². The lowest BCUT2D eigenvalue weighted by molar-refractivity contribution is -0.137. The summed E-state index contributed by atoms with van der Waals surface area (Å²) in [6.45, 7) is 0. The lowest BCUT2D eigenvalue weighted by Crippen LogP contribution is -2.10. The molecular weight excluding hydrogens is 378 g/mol. The fourth-order valence-electron chi connectivity index (χ4n) is 1.61. The van der Waals surface area contributed by atoms with Crippen LogP contribution in [0.1, 0.15) is 5.56 Å². The molecule has 0 radical (unpaired) electrons. The van der Waals surface area contributed by atoms with Crippen molar-refractivity contribution in [1.29, 1.82) is 0 Å². The highest BCUT2D eigenvalue weighted by Gasteiger charge is 2.30. The van der Waals surface area contributed by atoms with E-state index in [1.165, 1.54) is 0 Å². The van der Waals surface area contributed by atoms with Crippen LogP contribution in [-0.2, 0) is 21.0 Å². The number of hydrogen-bond donors (Lipinski definition) is 0. The molecular formula is C13H6Cl2F3NO3S. The third-order valence-corrected chi connectivity index (χ3v) is 4.57. The van der Waals surface area contributed by atoms with E-state index >= 15 is 0 Å². The Morgan fingerprint density at radius 3 is 1.87 bits per heavy atom. The molecule has 1 aliphatic carbocycles. The van der Waals surface area contributed by atoms with Gasteiger partial charge in [-0.05, 0) is 36.4 Å². The van der Waals surface area contributed by atoms with Crippen LogP contribution < -0.4 is 0 Å². The third-order valence-electron chi connectivity index (χ3n) is 2.69. The average Bonchev–Trinajstić information content (AvgIpc) is 2.43. The molecule has 10 heteroatoms. The van der Waals surface area contributed by atoms with E-state index in [2.05, 4.69) is 4.40 Å². The Kier molecular flexibility index (Phi) is 4.70. The molecule has 1 aromatic carbocycles. The van der Waals surface area contributed by atoms with Crippen LogP contribution in [0.3, 0.4) is 0 Å². The van der Waals surface area contributed by atoms with Crippen molar-refractivity contribution in [2.75, 3.05) is 0 Å². The Labute approximate surface area is 139 Å². The molecule has 1 aliphatic rings. The summed E-state index contributed by atoms with van der Waals surface area (Å²) >= 11 is 11.2. The normalized spacial score (nSPS) is 16.0. The molecule has 0 saturated heterocycles. The van der Waals surface area contributed by atoms with Crippen molar-refractivity contribution in [3.8, 4) is 0 Å². The smallest absolute Gasteiger partial charge is 0.287 e. The number of hydrogen-bond acceptors (Lipinski definition) is 3. The molecule has 0 saturated carbocycles. The van der Waals surface area contributed by atoms with E-state index in [-0.39, 0.29) is 15.8 Å². The zero-order chi connectivity index (χ0) is 17.4. The molecule has 0 atom stereocenters. The van der Waals surface area contributed by atoms with E-state index in [1.807, 2.05) is 0 Å². The number of ketones is 1. The Morgan fingerprint density at radius 1 is 0.957 bits per heavy atom. The SMILES string of the molecule is O=C1C(Cl)=CC(=NS(=O)(=O)c2ccc(C(F)(F)F)cc2)C=C1Cl. The first kappa shape index (κ1) is 17.7. The lowest BCUT2D eigenvalue weighted by atomic mass is 10.1. The minimum absolute atomic E-state index is 0.209. The monoisotopic (exact) mass is 383 g/mol. The van der Waals surface area contributed by atoms with Crippen LogP contribution in [0.2, 0.25) is 0 Å². The first-order valence-electron chi connectivity index (χ1n) is 5.82. The molecule has 0 unspecified atom stereocenters. The predicted octanol–water partition coefficient (Wildman–Crippen LogP) is 3.66. The minimum Gasteiger partial charge on any atom is -0.287 e. The van der Waals surface area contributed by atoms with Crippen molar-refractivity contribution < 1.29 is 26.4 Å². The second kappa shape index (κ2) is 6.10. The summed E-state index contributed by atoms with van der Waals surface area (Å²) < 4.78 is 64.9. The molecule has 122 valence electrons. The van der Waals surface area contributed by atoms with E-state index in [0.717, 1.165) is 24.3 Å². The van der Waals surface area contributed by atoms with Gasteiger partial charge in [-0.1, -0.05) is 23.2 Å². The number of halogens is 5. The molecule has 0 N–H and O–H groups in total. The number of Topliss-reactive ketones (excluding diaryl/α,β-unsaturated/α-hetero) is 1. The first-order valence-corrected chi connectivity index (χ1v) is 8.01. The number of benzene rings is 1. The van der Waals surface area contributed by atoms with Crippen molar-refractivity contribution in [2.45, 2.75) is 11.1 Å². The van der Waals surface area contributed by atoms with Crippen LogP contribution in [-0.4, -0.2) is 19.9 Å². The molecule has 0 spiro atoms. The van der Waals surface area contributed by atoms with Gasteiger partial charge in [-0.3, -0.25) is 4.79 Å². The highest BCUT2D eigenvalue weighted by Crippen LogP contribution is 2.30. The molecule has 23 heavy (non-hydrogen) atoms. The van der Waals surface area contributed by atoms with Gasteiger partial charge in [0.15, 0.2) is 0 Å². The molecule has 0 heterocycles. The average molecular weight is 384 g/mol. The van der Waals surface area contributed by atoms with Crippen molar-refractivity contribution in [1.82, 2.24) is 0 Å². The van der Waals surface area contributed by atoms with Crippen LogP contribution in [0, 0.1) is 0 Å². The van der Waals surface area contributed by atoms with Gasteiger partial charge < -0.3 is 0 Å². The Balaban J connectivity index is 2.40. The van der Waals surface area contributed by atoms with Gasteiger partial charge in [0.2, 0.25) is 5.78 Å². The summed E-state index contributed by atoms with van der Waals surface area (Å²) in [6.07, 6.45) is -2.58. The van der Waals surface area contributed by atoms with Crippen LogP contribution in [0.25, 0.3) is 0 Å². The fourth-order valence-corrected chi connectivity index (χ4v) is 3.05. The number of allylic oxidation sites excluding steroid dienone is 4. The highest BCUT2D eigenvalue weighted by atomic mass is 35.5. The fraction of sp³-hybridized carbons (Fsp3) is 0.0769. The zero-order valence-corrected chi connectivity index (χ0v) is 13.3. The quantitative estimate of drug-likeness (QED) is 0.732. The Hall–Kier alpha value is -1.64. The van der Waals surface area contributed by atoms with E-state index in [9.17, 15) is 26.4 Å². The van der Waals surface area contributed by atoms with E-state index in [0.29, 0.717) is 12.1 Å². The summed E-state index contributed by atoms with van der Waals surface area (Å²) in [5, 5.41) is -0.641. The van der Waals surface area contributed by atoms with Crippen molar-refractivity contribution in [3.05, 3.63) is 52.0 Å². The van der Waals surface area contributed by atoms with Gasteiger partial charge in [0.25, 0.3) is 10.0 Å². The standard InChI is InChI=1S/C13H6Cl2F3NO3S/c14-10-5-8(6-11(15)12(10)20)19-23(21,22)9-3-1-7(2-4-9)13(16,17)18/h1-6H. The highest BCUT2D eigenvalue weighted by molar-refractivity contribution is 7.90. The number of carbonyl (C=O) groups is 1. The van der Waals surface area contributed by atoms with Crippen LogP contribution in [0.5, 0.6) is 0 Å². The molecule has 0 aliphatic heterocycles. The van der Waals surface area contributed by atoms with E-state index < -0.39 is 32.4 Å². The summed E-state index contributed by atoms with van der Waals surface area (Å²) in [5.41, 5.74) is -1.20. The van der Waals surface area contributed by atoms with Gasteiger partial charge >= 0.3 is 6.18 Å². The Morgan fingerprint density at radius 2 is 1.43 bits per heavy atom. The molecule has 0 fully saturated rings. The van der Waals surface area contributed by atoms with Gasteiger partial charge in [0.1, 0.15) is 0 Å². The maximum atomic E-state index is 12.5. The largest absolute Gasteiger partial charge is 0.416 e. The first-order chi connectivity index (χ1) is 10.5. The van der Waals surface area contributed by atoms with Crippen molar-refractivity contribution in [2.24, 2.45) is 4.40 Å². The number of carbonyl (C=O) groups excluding carboxylic acids is 1. The molecule has 2 rings (SSSR count). The number of sulfonamides is 1. The second-order valence-corrected chi connectivity index (χ2v) is 6.75. The summed E-state index contributed by atoms with van der Waals surface area (Å²) in [5.74, 6) is -0.681. The van der Waals surface area contributed by atoms with Gasteiger partial charge in [0.05, 0.1) is 26.2 Å². The summed E-state index contributed by atoms with van der Waals surface area (Å²) in [6, 6.07) is 2.83. The van der Waals surface area contributed by atoms with Crippen LogP contribution in [0.15, 0.2) is 55.8 Å². The van der Waals surface area contributed by atoms with Gasteiger partial charge in [-0.25, -0.2) is 0 Å². The van der Waals surface area contributed by atoms with Crippen LogP contribution >= 0.6 is 23.2 Å². The maximum Gasteiger partial charge on any atom is 0.416 e. The summed E-state index contributed by atoms with van der Waals surface area (Å²) in [7, 11) is -4.28. The van der Waals surface area contributed by atoms with Crippen molar-refractivity contribution >= 4 is 44.7 Å². The van der Waals surface area contributed by atoms with E-state index in [1.54, 1.807) is 0 Å². The number of alkyl halides is 3. The van der Waals surface area contributed by atoms with Gasteiger partial charge in [-0.2, -0.15) is 26.0 Å². The van der Waals surface area contributed by atoms with Crippen molar-refractivity contribution in [3.63, 3.8) is 0 Å². The minimum atomic E-state index is -4.58. The molecule has 0 amide bonds. The molecule has 1 aromatic rings. The topological polar surface area (TPSA) is 63.6 Å². The predicted molar refractivity (Wildman–Crippen MR) is 78.9 cm³/mol. The maximum absolute atomic E-state index is 12.5. The number of nitrogens with zero attached hydrogens (tertiary/aromatic N) is 1. The van der Waals surface area contributed by atoms with Gasteiger partial charge in [-0.15, -0.1) is 0 Å². The summed E-state index contributed by atoms with van der Waals surface area (Å²) in [4.78, 5) is 10.9. The number of rotatable bonds is 2. The Bertz CT molecular complexity index is 829. The molecule has 4 nitrogen and oxygen atoms in total.